The summed E-state index contributed by atoms with van der Waals surface area (Å²) in [7, 11) is 1.86. The first-order valence-electron chi connectivity index (χ1n) is 6.19. The molecule has 1 aliphatic heterocycles. The zero-order valence-electron chi connectivity index (χ0n) is 11.0. The van der Waals surface area contributed by atoms with Gasteiger partial charge in [0.15, 0.2) is 5.54 Å². The molecule has 0 radical (unpaired) electrons. The topological polar surface area (TPSA) is 49.8 Å². The number of nitrogens with zero attached hydrogens (tertiary/aromatic N) is 1. The second kappa shape index (κ2) is 4.61. The minimum absolute atomic E-state index is 0.146. The van der Waals surface area contributed by atoms with Crippen LogP contribution in [0.15, 0.2) is 24.3 Å². The van der Waals surface area contributed by atoms with Gasteiger partial charge < -0.3 is 9.84 Å². The summed E-state index contributed by atoms with van der Waals surface area (Å²) in [6.07, 6.45) is 0.466. The first-order chi connectivity index (χ1) is 8.50. The van der Waals surface area contributed by atoms with Crippen LogP contribution in [-0.4, -0.2) is 35.7 Å². The highest BCUT2D eigenvalue weighted by Gasteiger charge is 2.48. The molecule has 2 rings (SSSR count). The predicted molar refractivity (Wildman–Crippen MR) is 68.8 cm³/mol. The summed E-state index contributed by atoms with van der Waals surface area (Å²) < 4.78 is 5.57. The molecule has 0 fully saturated rings. The van der Waals surface area contributed by atoms with Crippen LogP contribution in [0, 0.1) is 0 Å². The van der Waals surface area contributed by atoms with Crippen LogP contribution in [0.5, 0.6) is 5.75 Å². The number of benzene rings is 1. The van der Waals surface area contributed by atoms with Crippen molar-refractivity contribution >= 4 is 5.97 Å². The van der Waals surface area contributed by atoms with E-state index in [0.29, 0.717) is 18.8 Å². The first-order valence-corrected chi connectivity index (χ1v) is 6.19. The largest absolute Gasteiger partial charge is 0.493 e. The Labute approximate surface area is 107 Å². The summed E-state index contributed by atoms with van der Waals surface area (Å²) in [4.78, 5) is 13.8. The average molecular weight is 249 g/mol. The number of aliphatic carboxylic acids is 1. The van der Waals surface area contributed by atoms with E-state index in [9.17, 15) is 9.90 Å². The van der Waals surface area contributed by atoms with Crippen LogP contribution in [0.1, 0.15) is 25.8 Å². The number of rotatable bonds is 3. The molecule has 0 spiro atoms. The summed E-state index contributed by atoms with van der Waals surface area (Å²) in [6, 6.07) is 7.56. The van der Waals surface area contributed by atoms with Gasteiger partial charge in [-0.25, -0.2) is 4.79 Å². The van der Waals surface area contributed by atoms with E-state index in [1.54, 1.807) is 0 Å². The van der Waals surface area contributed by atoms with Gasteiger partial charge in [-0.05, 0) is 27.0 Å². The fraction of sp³-hybridized carbons (Fsp3) is 0.500. The molecule has 4 heteroatoms. The summed E-state index contributed by atoms with van der Waals surface area (Å²) in [6.45, 7) is 4.44. The number of para-hydroxylation sites is 1. The van der Waals surface area contributed by atoms with Gasteiger partial charge in [0, 0.05) is 18.0 Å². The number of hydrogen-bond acceptors (Lipinski definition) is 3. The molecule has 0 amide bonds. The number of carboxylic acids is 1. The number of carbonyl (C=O) groups is 1. The monoisotopic (exact) mass is 249 g/mol. The fourth-order valence-electron chi connectivity index (χ4n) is 2.56. The molecular formula is C14H19NO3. The van der Waals surface area contributed by atoms with Crippen LogP contribution in [-0.2, 0) is 10.3 Å². The second-order valence-electron chi connectivity index (χ2n) is 4.96. The van der Waals surface area contributed by atoms with Crippen molar-refractivity contribution in [3.63, 3.8) is 0 Å². The molecule has 0 bridgehead atoms. The summed E-state index contributed by atoms with van der Waals surface area (Å²) >= 11 is 0. The van der Waals surface area contributed by atoms with Crippen molar-refractivity contribution in [2.45, 2.75) is 31.8 Å². The molecule has 1 N–H and O–H groups in total. The normalized spacial score (nSPS) is 22.7. The fourth-order valence-corrected chi connectivity index (χ4v) is 2.56. The Hall–Kier alpha value is -1.55. The van der Waals surface area contributed by atoms with E-state index in [-0.39, 0.29) is 6.04 Å². The van der Waals surface area contributed by atoms with Gasteiger partial charge in [0.05, 0.1) is 6.61 Å². The molecule has 1 aromatic rings. The van der Waals surface area contributed by atoms with Crippen LogP contribution in [0.3, 0.4) is 0 Å². The van der Waals surface area contributed by atoms with Crippen molar-refractivity contribution in [2.75, 3.05) is 13.7 Å². The maximum atomic E-state index is 11.9. The van der Waals surface area contributed by atoms with E-state index in [2.05, 4.69) is 0 Å². The highest BCUT2D eigenvalue weighted by Crippen LogP contribution is 2.41. The Morgan fingerprint density at radius 2 is 2.11 bits per heavy atom. The van der Waals surface area contributed by atoms with E-state index in [1.165, 1.54) is 0 Å². The second-order valence-corrected chi connectivity index (χ2v) is 4.96. The van der Waals surface area contributed by atoms with Gasteiger partial charge in [-0.2, -0.15) is 0 Å². The smallest absolute Gasteiger partial charge is 0.329 e. The quantitative estimate of drug-likeness (QED) is 0.891. The maximum absolute atomic E-state index is 11.9. The van der Waals surface area contributed by atoms with Crippen LogP contribution < -0.4 is 4.74 Å². The maximum Gasteiger partial charge on any atom is 0.329 e. The Morgan fingerprint density at radius 1 is 1.44 bits per heavy atom. The molecule has 4 nitrogen and oxygen atoms in total. The highest BCUT2D eigenvalue weighted by atomic mass is 16.5. The third kappa shape index (κ3) is 1.77. The third-order valence-electron chi connectivity index (χ3n) is 3.78. The van der Waals surface area contributed by atoms with Gasteiger partial charge in [0.25, 0.3) is 0 Å². The molecule has 98 valence electrons. The SMILES string of the molecule is CC(C)N(C)C1(C(=O)O)CCOc2ccccc21. The van der Waals surface area contributed by atoms with Crippen LogP contribution in [0.25, 0.3) is 0 Å². The molecule has 0 saturated heterocycles. The van der Waals surface area contributed by atoms with E-state index in [1.807, 2.05) is 50.1 Å². The lowest BCUT2D eigenvalue weighted by Crippen LogP contribution is -2.55. The summed E-state index contributed by atoms with van der Waals surface area (Å²) in [5.74, 6) is -0.131. The van der Waals surface area contributed by atoms with Crippen molar-refractivity contribution in [2.24, 2.45) is 0 Å². The molecule has 1 aromatic carbocycles. The van der Waals surface area contributed by atoms with E-state index >= 15 is 0 Å². The predicted octanol–water partition coefficient (Wildman–Crippen LogP) is 2.09. The number of ether oxygens (including phenoxy) is 1. The number of hydrogen-bond donors (Lipinski definition) is 1. The molecule has 1 unspecified atom stereocenters. The van der Waals surface area contributed by atoms with Crippen molar-refractivity contribution in [1.82, 2.24) is 4.90 Å². The summed E-state index contributed by atoms with van der Waals surface area (Å²) in [5.41, 5.74) is -0.233. The first kappa shape index (κ1) is 12.9. The Bertz CT molecular complexity index is 458. The number of likely N-dealkylation sites (N-methyl/N-ethyl adjacent to an activating group) is 1. The molecule has 1 aliphatic rings. The third-order valence-corrected chi connectivity index (χ3v) is 3.78. The van der Waals surface area contributed by atoms with E-state index in [4.69, 9.17) is 4.74 Å². The van der Waals surface area contributed by atoms with Crippen LogP contribution in [0.2, 0.25) is 0 Å². The van der Waals surface area contributed by atoms with Crippen molar-refractivity contribution in [3.05, 3.63) is 29.8 Å². The van der Waals surface area contributed by atoms with Crippen LogP contribution >= 0.6 is 0 Å². The van der Waals surface area contributed by atoms with Gasteiger partial charge in [0.1, 0.15) is 5.75 Å². The molecule has 0 aliphatic carbocycles. The molecule has 18 heavy (non-hydrogen) atoms. The van der Waals surface area contributed by atoms with Crippen molar-refractivity contribution < 1.29 is 14.6 Å². The molecule has 0 saturated carbocycles. The van der Waals surface area contributed by atoms with E-state index in [0.717, 1.165) is 5.56 Å². The van der Waals surface area contributed by atoms with Gasteiger partial charge >= 0.3 is 5.97 Å². The Balaban J connectivity index is 2.60. The van der Waals surface area contributed by atoms with Crippen LogP contribution in [0.4, 0.5) is 0 Å². The lowest BCUT2D eigenvalue weighted by molar-refractivity contribution is -0.155. The number of fused-ring (bicyclic) bond motifs is 1. The lowest BCUT2D eigenvalue weighted by Gasteiger charge is -2.43. The van der Waals surface area contributed by atoms with Gasteiger partial charge in [-0.15, -0.1) is 0 Å². The van der Waals surface area contributed by atoms with Crippen molar-refractivity contribution in [3.8, 4) is 5.75 Å². The minimum Gasteiger partial charge on any atom is -0.493 e. The molecule has 0 aromatic heterocycles. The molecule has 1 atom stereocenters. The zero-order valence-corrected chi connectivity index (χ0v) is 11.0. The van der Waals surface area contributed by atoms with Gasteiger partial charge in [0.2, 0.25) is 0 Å². The Kier molecular flexibility index (Phi) is 3.30. The average Bonchev–Trinajstić information content (AvgIpc) is 2.36. The lowest BCUT2D eigenvalue weighted by atomic mass is 9.82. The van der Waals surface area contributed by atoms with Gasteiger partial charge in [-0.3, -0.25) is 4.90 Å². The Morgan fingerprint density at radius 3 is 2.72 bits per heavy atom. The molecule has 1 heterocycles. The van der Waals surface area contributed by atoms with Gasteiger partial charge in [-0.1, -0.05) is 18.2 Å². The highest BCUT2D eigenvalue weighted by molar-refractivity contribution is 5.82. The molecular weight excluding hydrogens is 230 g/mol. The number of carboxylic acid groups (broad SMARTS) is 1. The minimum atomic E-state index is -0.983. The zero-order chi connectivity index (χ0) is 13.3. The summed E-state index contributed by atoms with van der Waals surface area (Å²) in [5, 5.41) is 9.76. The van der Waals surface area contributed by atoms with E-state index < -0.39 is 11.5 Å². The standard InChI is InChI=1S/C14H19NO3/c1-10(2)15(3)14(13(16)17)8-9-18-12-7-5-4-6-11(12)14/h4-7,10H,8-9H2,1-3H3,(H,16,17). The van der Waals surface area contributed by atoms with Crippen molar-refractivity contribution in [1.29, 1.82) is 0 Å².